The van der Waals surface area contributed by atoms with Gasteiger partial charge < -0.3 is 9.47 Å². The number of halogens is 3. The molecule has 6 atom stereocenters. The number of fused-ring (bicyclic) bond motifs is 1. The summed E-state index contributed by atoms with van der Waals surface area (Å²) in [6.45, 7) is 1.33. The summed E-state index contributed by atoms with van der Waals surface area (Å²) in [5.74, 6) is -2.71. The number of alkyl halides is 2. The van der Waals surface area contributed by atoms with Crippen LogP contribution in [0, 0.1) is 11.7 Å². The fourth-order valence-corrected chi connectivity index (χ4v) is 6.33. The molecule has 0 bridgehead atoms. The van der Waals surface area contributed by atoms with Crippen LogP contribution in [0.4, 0.5) is 18.0 Å². The summed E-state index contributed by atoms with van der Waals surface area (Å²) in [5, 5.41) is 0. The molecule has 1 aromatic rings. The van der Waals surface area contributed by atoms with Crippen molar-refractivity contribution in [1.29, 1.82) is 0 Å². The molecular formula is C22H31F3N4O5S. The van der Waals surface area contributed by atoms with Gasteiger partial charge in [0.15, 0.2) is 12.4 Å². The normalized spacial score (nSPS) is 32.9. The van der Waals surface area contributed by atoms with Crippen LogP contribution in [0.3, 0.4) is 0 Å². The first kappa shape index (κ1) is 26.1. The molecular weight excluding hydrogens is 489 g/mol. The van der Waals surface area contributed by atoms with Crippen LogP contribution in [0.25, 0.3) is 0 Å². The minimum Gasteiger partial charge on any atom is -0.443 e. The van der Waals surface area contributed by atoms with E-state index in [-0.39, 0.29) is 18.1 Å². The summed E-state index contributed by atoms with van der Waals surface area (Å²) < 4.78 is 77.0. The molecule has 1 amide bonds. The van der Waals surface area contributed by atoms with Gasteiger partial charge in [0.05, 0.1) is 37.4 Å². The van der Waals surface area contributed by atoms with Crippen LogP contribution < -0.4 is 4.72 Å². The Balaban J connectivity index is 1.40. The van der Waals surface area contributed by atoms with Crippen LogP contribution >= 0.6 is 0 Å². The van der Waals surface area contributed by atoms with Crippen LogP contribution in [0.15, 0.2) is 12.4 Å². The summed E-state index contributed by atoms with van der Waals surface area (Å²) in [5.41, 5.74) is -0.156. The van der Waals surface area contributed by atoms with Gasteiger partial charge in [-0.3, -0.25) is 4.90 Å². The number of nitrogens with one attached hydrogen (secondary N) is 1. The molecule has 4 rings (SSSR count). The number of amides is 1. The van der Waals surface area contributed by atoms with E-state index < -0.39 is 52.6 Å². The molecule has 1 aromatic heterocycles. The number of rotatable bonds is 8. The zero-order valence-corrected chi connectivity index (χ0v) is 20.7. The molecule has 35 heavy (non-hydrogen) atoms. The van der Waals surface area contributed by atoms with Crippen LogP contribution in [-0.4, -0.2) is 79.0 Å². The van der Waals surface area contributed by atoms with E-state index in [0.29, 0.717) is 31.5 Å². The highest BCUT2D eigenvalue weighted by molar-refractivity contribution is 7.88. The fraction of sp³-hybridized carbons (Fsp3) is 0.773. The van der Waals surface area contributed by atoms with Crippen molar-refractivity contribution in [2.75, 3.05) is 19.5 Å². The summed E-state index contributed by atoms with van der Waals surface area (Å²) in [4.78, 5) is 22.3. The average Bonchev–Trinajstić information content (AvgIpc) is 3.40. The molecule has 0 aromatic carbocycles. The molecule has 1 N–H and O–H groups in total. The first-order chi connectivity index (χ1) is 16.3. The molecule has 196 valence electrons. The topological polar surface area (TPSA) is 111 Å². The maximum atomic E-state index is 13.2. The molecule has 13 heteroatoms. The van der Waals surface area contributed by atoms with Gasteiger partial charge >= 0.3 is 6.09 Å². The number of likely N-dealkylation sites (tertiary alicyclic amines) is 1. The minimum atomic E-state index is -3.58. The number of hydrogen-bond donors (Lipinski definition) is 1. The van der Waals surface area contributed by atoms with E-state index in [2.05, 4.69) is 14.7 Å². The summed E-state index contributed by atoms with van der Waals surface area (Å²) in [6.07, 6.45) is 5.73. The first-order valence-corrected chi connectivity index (χ1v) is 13.6. The molecule has 3 aliphatic rings. The Morgan fingerprint density at radius 2 is 2.00 bits per heavy atom. The third kappa shape index (κ3) is 6.05. The molecule has 3 fully saturated rings. The first-order valence-electron chi connectivity index (χ1n) is 11.7. The van der Waals surface area contributed by atoms with Gasteiger partial charge in [-0.1, -0.05) is 0 Å². The lowest BCUT2D eigenvalue weighted by atomic mass is 9.86. The zero-order chi connectivity index (χ0) is 25.6. The predicted octanol–water partition coefficient (Wildman–Crippen LogP) is 2.61. The Labute approximate surface area is 202 Å². The highest BCUT2D eigenvalue weighted by Gasteiger charge is 2.60. The molecule has 1 saturated heterocycles. The van der Waals surface area contributed by atoms with Gasteiger partial charge in [0.25, 0.3) is 5.92 Å². The maximum Gasteiger partial charge on any atom is 0.410 e. The zero-order valence-electron chi connectivity index (χ0n) is 19.9. The molecule has 0 unspecified atom stereocenters. The van der Waals surface area contributed by atoms with Crippen molar-refractivity contribution in [3.63, 3.8) is 0 Å². The van der Waals surface area contributed by atoms with Crippen LogP contribution in [0.1, 0.15) is 51.8 Å². The Morgan fingerprint density at radius 1 is 1.31 bits per heavy atom. The van der Waals surface area contributed by atoms with Gasteiger partial charge in [0, 0.05) is 24.4 Å². The van der Waals surface area contributed by atoms with Crippen LogP contribution in [-0.2, 0) is 24.9 Å². The number of ether oxygens (including phenoxy) is 2. The Morgan fingerprint density at radius 3 is 2.60 bits per heavy atom. The van der Waals surface area contributed by atoms with E-state index in [1.807, 2.05) is 0 Å². The van der Waals surface area contributed by atoms with Crippen molar-refractivity contribution in [2.45, 2.75) is 81.5 Å². The van der Waals surface area contributed by atoms with E-state index in [4.69, 9.17) is 9.47 Å². The van der Waals surface area contributed by atoms with Crippen molar-refractivity contribution in [3.8, 4) is 0 Å². The molecule has 9 nitrogen and oxygen atoms in total. The predicted molar refractivity (Wildman–Crippen MR) is 119 cm³/mol. The van der Waals surface area contributed by atoms with Gasteiger partial charge in [0.2, 0.25) is 10.0 Å². The average molecular weight is 521 g/mol. The highest BCUT2D eigenvalue weighted by atomic mass is 32.2. The lowest BCUT2D eigenvalue weighted by Crippen LogP contribution is -2.51. The SMILES string of the molecule is C[C@@H]1C[C@H](NS(C)(=O)=O)[C@H](CO[C@H]2CC[C@@]3(c4ncc(F)cn4)C[C@H]3C2)N1C(=O)OCC(C)(F)F. The number of hydrogen-bond acceptors (Lipinski definition) is 7. The maximum absolute atomic E-state index is 13.2. The second-order valence-electron chi connectivity index (χ2n) is 10.2. The van der Waals surface area contributed by atoms with Gasteiger partial charge in [-0.2, -0.15) is 0 Å². The third-order valence-corrected chi connectivity index (χ3v) is 7.91. The lowest BCUT2D eigenvalue weighted by molar-refractivity contribution is -0.0533. The largest absolute Gasteiger partial charge is 0.443 e. The number of aromatic nitrogens is 2. The van der Waals surface area contributed by atoms with E-state index in [9.17, 15) is 26.4 Å². The number of nitrogens with zero attached hydrogens (tertiary/aromatic N) is 3. The molecule has 2 saturated carbocycles. The smallest absolute Gasteiger partial charge is 0.410 e. The van der Waals surface area contributed by atoms with E-state index in [1.54, 1.807) is 6.92 Å². The van der Waals surface area contributed by atoms with Crippen LogP contribution in [0.5, 0.6) is 0 Å². The Bertz CT molecular complexity index is 1040. The monoisotopic (exact) mass is 520 g/mol. The second kappa shape index (κ2) is 9.47. The minimum absolute atomic E-state index is 0.0343. The molecule has 2 aliphatic carbocycles. The van der Waals surface area contributed by atoms with E-state index in [0.717, 1.165) is 25.5 Å². The highest BCUT2D eigenvalue weighted by Crippen LogP contribution is 2.61. The Kier molecular flexibility index (Phi) is 7.06. The van der Waals surface area contributed by atoms with Crippen molar-refractivity contribution in [2.24, 2.45) is 5.92 Å². The standard InChI is InChI=1S/C22H31F3N4O5S/c1-13-6-17(28-35(3,31)32)18(29(13)20(30)34-12-21(2,24)25)11-33-16-4-5-22(8-14(22)7-16)19-26-9-15(23)10-27-19/h9-10,13-14,16-18,28H,4-8,11-12H2,1-3H3/t13-,14-,16+,17+,18+,22-/m1/s1. The molecule has 1 aliphatic heterocycles. The lowest BCUT2D eigenvalue weighted by Gasteiger charge is -2.33. The van der Waals surface area contributed by atoms with Gasteiger partial charge in [-0.05, 0) is 44.9 Å². The van der Waals surface area contributed by atoms with E-state index >= 15 is 0 Å². The summed E-state index contributed by atoms with van der Waals surface area (Å²) in [7, 11) is -3.58. The summed E-state index contributed by atoms with van der Waals surface area (Å²) in [6, 6.07) is -1.77. The quantitative estimate of drug-likeness (QED) is 0.561. The Hall–Kier alpha value is -1.99. The van der Waals surface area contributed by atoms with Crippen molar-refractivity contribution in [1.82, 2.24) is 19.6 Å². The molecule has 2 heterocycles. The van der Waals surface area contributed by atoms with Gasteiger partial charge in [0.1, 0.15) is 5.82 Å². The molecule has 0 radical (unpaired) electrons. The summed E-state index contributed by atoms with van der Waals surface area (Å²) >= 11 is 0. The number of sulfonamides is 1. The van der Waals surface area contributed by atoms with Crippen molar-refractivity contribution >= 4 is 16.1 Å². The van der Waals surface area contributed by atoms with Gasteiger partial charge in [-0.25, -0.2) is 41.1 Å². The van der Waals surface area contributed by atoms with Crippen molar-refractivity contribution < 1.29 is 35.9 Å². The second-order valence-corrected chi connectivity index (χ2v) is 12.0. The number of carbonyl (C=O) groups is 1. The molecule has 0 spiro atoms. The van der Waals surface area contributed by atoms with Gasteiger partial charge in [-0.15, -0.1) is 0 Å². The van der Waals surface area contributed by atoms with Crippen molar-refractivity contribution in [3.05, 3.63) is 24.0 Å². The van der Waals surface area contributed by atoms with E-state index in [1.165, 1.54) is 17.3 Å². The number of carbonyl (C=O) groups excluding carboxylic acids is 1. The third-order valence-electron chi connectivity index (χ3n) is 7.18. The van der Waals surface area contributed by atoms with Crippen LogP contribution in [0.2, 0.25) is 0 Å². The fourth-order valence-electron chi connectivity index (χ4n) is 5.53.